The molecule has 2 aromatic rings. The van der Waals surface area contributed by atoms with Crippen LogP contribution in [-0.4, -0.2) is 39.3 Å². The summed E-state index contributed by atoms with van der Waals surface area (Å²) in [5, 5.41) is 6.03. The van der Waals surface area contributed by atoms with Gasteiger partial charge in [-0.2, -0.15) is 0 Å². The maximum atomic E-state index is 13.1. The van der Waals surface area contributed by atoms with Gasteiger partial charge in [-0.1, -0.05) is 6.07 Å². The Morgan fingerprint density at radius 3 is 2.63 bits per heavy atom. The highest BCUT2D eigenvalue weighted by Gasteiger charge is 2.12. The van der Waals surface area contributed by atoms with Crippen LogP contribution in [0, 0.1) is 5.82 Å². The first-order chi connectivity index (χ1) is 13.0. The molecule has 2 aromatic carbocycles. The van der Waals surface area contributed by atoms with Crippen molar-refractivity contribution < 1.29 is 23.4 Å². The van der Waals surface area contributed by atoms with Gasteiger partial charge in [0.05, 0.1) is 19.9 Å². The van der Waals surface area contributed by atoms with Crippen molar-refractivity contribution in [1.29, 1.82) is 0 Å². The molecular formula is C20H25FN2O4. The van der Waals surface area contributed by atoms with Crippen molar-refractivity contribution in [1.82, 2.24) is 5.32 Å². The van der Waals surface area contributed by atoms with Crippen LogP contribution in [0.3, 0.4) is 0 Å². The van der Waals surface area contributed by atoms with E-state index >= 15 is 0 Å². The number of hydrogen-bond acceptors (Lipinski definition) is 5. The molecule has 1 unspecified atom stereocenters. The van der Waals surface area contributed by atoms with E-state index in [0.29, 0.717) is 36.1 Å². The maximum absolute atomic E-state index is 13.1. The molecule has 146 valence electrons. The Labute approximate surface area is 158 Å². The average Bonchev–Trinajstić information content (AvgIpc) is 2.65. The highest BCUT2D eigenvalue weighted by molar-refractivity contribution is 5.92. The number of halogens is 1. The van der Waals surface area contributed by atoms with Crippen LogP contribution in [0.5, 0.6) is 17.2 Å². The van der Waals surface area contributed by atoms with Crippen molar-refractivity contribution in [3.63, 3.8) is 0 Å². The van der Waals surface area contributed by atoms with Crippen LogP contribution in [0.2, 0.25) is 0 Å². The van der Waals surface area contributed by atoms with Crippen molar-refractivity contribution in [2.24, 2.45) is 0 Å². The molecule has 1 atom stereocenters. The second-order valence-corrected chi connectivity index (χ2v) is 5.98. The number of anilines is 1. The number of benzene rings is 2. The molecule has 0 bridgehead atoms. The van der Waals surface area contributed by atoms with Gasteiger partial charge in [0.25, 0.3) is 0 Å². The Hall–Kier alpha value is -2.80. The standard InChI is InChI=1S/C20H25FN2O4/c1-14(22-9-10-27-17-6-4-5-15(21)12-17)11-20(24)23-18-13-16(25-2)7-8-19(18)26-3/h4-8,12-14,22H,9-11H2,1-3H3,(H,23,24). The fraction of sp³-hybridized carbons (Fsp3) is 0.350. The van der Waals surface area contributed by atoms with Crippen LogP contribution in [0.1, 0.15) is 13.3 Å². The van der Waals surface area contributed by atoms with Gasteiger partial charge in [0, 0.05) is 31.1 Å². The quantitative estimate of drug-likeness (QED) is 0.623. The molecule has 27 heavy (non-hydrogen) atoms. The second kappa shape index (κ2) is 10.4. The SMILES string of the molecule is COc1ccc(OC)c(NC(=O)CC(C)NCCOc2cccc(F)c2)c1. The Balaban J connectivity index is 1.75. The summed E-state index contributed by atoms with van der Waals surface area (Å²) < 4.78 is 29.0. The predicted molar refractivity (Wildman–Crippen MR) is 102 cm³/mol. The second-order valence-electron chi connectivity index (χ2n) is 5.98. The van der Waals surface area contributed by atoms with Gasteiger partial charge in [-0.05, 0) is 31.2 Å². The van der Waals surface area contributed by atoms with Gasteiger partial charge in [-0.25, -0.2) is 4.39 Å². The van der Waals surface area contributed by atoms with Crippen molar-refractivity contribution in [3.8, 4) is 17.2 Å². The molecule has 2 rings (SSSR count). The lowest BCUT2D eigenvalue weighted by Gasteiger charge is -2.16. The lowest BCUT2D eigenvalue weighted by molar-refractivity contribution is -0.116. The van der Waals surface area contributed by atoms with E-state index in [0.717, 1.165) is 0 Å². The number of hydrogen-bond donors (Lipinski definition) is 2. The van der Waals surface area contributed by atoms with Crippen LogP contribution in [0.25, 0.3) is 0 Å². The molecule has 0 aromatic heterocycles. The van der Waals surface area contributed by atoms with Crippen molar-refractivity contribution in [3.05, 3.63) is 48.3 Å². The normalized spacial score (nSPS) is 11.6. The summed E-state index contributed by atoms with van der Waals surface area (Å²) in [6, 6.07) is 11.1. The molecule has 0 heterocycles. The minimum absolute atomic E-state index is 0.0577. The smallest absolute Gasteiger partial charge is 0.226 e. The minimum Gasteiger partial charge on any atom is -0.497 e. The van der Waals surface area contributed by atoms with E-state index in [1.165, 1.54) is 12.1 Å². The van der Waals surface area contributed by atoms with E-state index in [4.69, 9.17) is 14.2 Å². The van der Waals surface area contributed by atoms with Crippen LogP contribution in [0.15, 0.2) is 42.5 Å². The zero-order valence-electron chi connectivity index (χ0n) is 15.8. The Morgan fingerprint density at radius 1 is 1.11 bits per heavy atom. The van der Waals surface area contributed by atoms with E-state index in [-0.39, 0.29) is 24.2 Å². The summed E-state index contributed by atoms with van der Waals surface area (Å²) in [6.45, 7) is 2.82. The largest absolute Gasteiger partial charge is 0.497 e. The average molecular weight is 376 g/mol. The molecular weight excluding hydrogens is 351 g/mol. The van der Waals surface area contributed by atoms with Gasteiger partial charge >= 0.3 is 0 Å². The third-order valence-electron chi connectivity index (χ3n) is 3.83. The zero-order valence-corrected chi connectivity index (χ0v) is 15.8. The number of carbonyl (C=O) groups excluding carboxylic acids is 1. The zero-order chi connectivity index (χ0) is 19.6. The van der Waals surface area contributed by atoms with Gasteiger partial charge in [0.1, 0.15) is 29.7 Å². The van der Waals surface area contributed by atoms with Crippen LogP contribution in [-0.2, 0) is 4.79 Å². The van der Waals surface area contributed by atoms with Crippen molar-refractivity contribution in [2.45, 2.75) is 19.4 Å². The van der Waals surface area contributed by atoms with Gasteiger partial charge in [-0.3, -0.25) is 4.79 Å². The number of nitrogens with one attached hydrogen (secondary N) is 2. The molecule has 2 N–H and O–H groups in total. The fourth-order valence-corrected chi connectivity index (χ4v) is 2.49. The molecule has 0 fully saturated rings. The Morgan fingerprint density at radius 2 is 1.93 bits per heavy atom. The molecule has 1 amide bonds. The number of ether oxygens (including phenoxy) is 3. The van der Waals surface area contributed by atoms with Crippen molar-refractivity contribution >= 4 is 11.6 Å². The molecule has 0 radical (unpaired) electrons. The molecule has 0 saturated carbocycles. The number of rotatable bonds is 10. The topological polar surface area (TPSA) is 68.8 Å². The third kappa shape index (κ3) is 6.79. The summed E-state index contributed by atoms with van der Waals surface area (Å²) in [7, 11) is 3.10. The molecule has 0 aliphatic rings. The lowest BCUT2D eigenvalue weighted by Crippen LogP contribution is -2.33. The summed E-state index contributed by atoms with van der Waals surface area (Å²) in [6.07, 6.45) is 0.278. The first-order valence-electron chi connectivity index (χ1n) is 8.65. The molecule has 0 aliphatic heterocycles. The third-order valence-corrected chi connectivity index (χ3v) is 3.83. The Kier molecular flexibility index (Phi) is 7.88. The number of carbonyl (C=O) groups is 1. The summed E-state index contributed by atoms with van der Waals surface area (Å²) in [5.41, 5.74) is 0.559. The predicted octanol–water partition coefficient (Wildman–Crippen LogP) is 3.23. The van der Waals surface area contributed by atoms with Crippen LogP contribution < -0.4 is 24.8 Å². The van der Waals surface area contributed by atoms with Gasteiger partial charge in [0.15, 0.2) is 0 Å². The molecule has 0 spiro atoms. The highest BCUT2D eigenvalue weighted by Crippen LogP contribution is 2.29. The Bertz CT molecular complexity index is 755. The van der Waals surface area contributed by atoms with Gasteiger partial charge < -0.3 is 24.8 Å². The maximum Gasteiger partial charge on any atom is 0.226 e. The highest BCUT2D eigenvalue weighted by atomic mass is 19.1. The van der Waals surface area contributed by atoms with Crippen molar-refractivity contribution in [2.75, 3.05) is 32.7 Å². The molecule has 0 saturated heterocycles. The molecule has 0 aliphatic carbocycles. The first-order valence-corrected chi connectivity index (χ1v) is 8.65. The monoisotopic (exact) mass is 376 g/mol. The van der Waals surface area contributed by atoms with E-state index in [1.807, 2.05) is 6.92 Å². The van der Waals surface area contributed by atoms with E-state index in [9.17, 15) is 9.18 Å². The fourth-order valence-electron chi connectivity index (χ4n) is 2.49. The van der Waals surface area contributed by atoms with E-state index in [2.05, 4.69) is 10.6 Å². The van der Waals surface area contributed by atoms with Gasteiger partial charge in [-0.15, -0.1) is 0 Å². The minimum atomic E-state index is -0.335. The van der Waals surface area contributed by atoms with Gasteiger partial charge in [0.2, 0.25) is 5.91 Å². The summed E-state index contributed by atoms with van der Waals surface area (Å²) in [4.78, 5) is 12.3. The van der Waals surface area contributed by atoms with Crippen LogP contribution in [0.4, 0.5) is 10.1 Å². The first kappa shape index (κ1) is 20.5. The molecule has 7 heteroatoms. The number of methoxy groups -OCH3 is 2. The van der Waals surface area contributed by atoms with Crippen LogP contribution >= 0.6 is 0 Å². The summed E-state index contributed by atoms with van der Waals surface area (Å²) in [5.74, 6) is 1.19. The lowest BCUT2D eigenvalue weighted by atomic mass is 10.2. The molecule has 6 nitrogen and oxygen atoms in total. The number of amides is 1. The summed E-state index contributed by atoms with van der Waals surface area (Å²) >= 11 is 0. The van der Waals surface area contributed by atoms with E-state index < -0.39 is 0 Å². The van der Waals surface area contributed by atoms with E-state index in [1.54, 1.807) is 44.6 Å².